The Morgan fingerprint density at radius 3 is 2.23 bits per heavy atom. The zero-order valence-electron chi connectivity index (χ0n) is 6.04. The van der Waals surface area contributed by atoms with Crippen molar-refractivity contribution in [3.8, 4) is 0 Å². The van der Waals surface area contributed by atoms with Crippen LogP contribution in [0.2, 0.25) is 5.02 Å². The SMILES string of the molecule is Fc1c(Cl)ccc(C(F)(F)F)c1[Si]. The van der Waals surface area contributed by atoms with Gasteiger partial charge in [-0.2, -0.15) is 13.2 Å². The van der Waals surface area contributed by atoms with Gasteiger partial charge in [0.15, 0.2) is 0 Å². The molecular weight excluding hydrogens is 224 g/mol. The van der Waals surface area contributed by atoms with Gasteiger partial charge in [-0.1, -0.05) is 11.6 Å². The molecule has 1 aromatic carbocycles. The van der Waals surface area contributed by atoms with Gasteiger partial charge in [-0.25, -0.2) is 4.39 Å². The fourth-order valence-electron chi connectivity index (χ4n) is 0.787. The quantitative estimate of drug-likeness (QED) is 0.470. The van der Waals surface area contributed by atoms with Crippen LogP contribution in [0.3, 0.4) is 0 Å². The van der Waals surface area contributed by atoms with Gasteiger partial charge in [0.25, 0.3) is 0 Å². The highest BCUT2D eigenvalue weighted by molar-refractivity contribution is 6.37. The lowest BCUT2D eigenvalue weighted by Crippen LogP contribution is -2.22. The number of hydrogen-bond acceptors (Lipinski definition) is 0. The highest BCUT2D eigenvalue weighted by atomic mass is 35.5. The molecule has 0 unspecified atom stereocenters. The molecule has 0 atom stereocenters. The maximum atomic E-state index is 12.8. The molecule has 0 fully saturated rings. The van der Waals surface area contributed by atoms with Gasteiger partial charge in [-0.05, 0) is 17.3 Å². The molecule has 13 heavy (non-hydrogen) atoms. The summed E-state index contributed by atoms with van der Waals surface area (Å²) in [5, 5.41) is -1.02. The lowest BCUT2D eigenvalue weighted by Gasteiger charge is -2.10. The van der Waals surface area contributed by atoms with Crippen LogP contribution in [0.1, 0.15) is 5.56 Å². The van der Waals surface area contributed by atoms with E-state index in [1.54, 1.807) is 0 Å². The minimum absolute atomic E-state index is 0.349. The standard InChI is InChI=1S/C7H2ClF4Si/c8-4-2-1-3(7(10,11)12)6(13)5(4)9/h1-2H. The molecule has 0 aliphatic carbocycles. The van der Waals surface area contributed by atoms with E-state index in [1.807, 2.05) is 0 Å². The summed E-state index contributed by atoms with van der Waals surface area (Å²) in [4.78, 5) is 0. The lowest BCUT2D eigenvalue weighted by atomic mass is 10.2. The van der Waals surface area contributed by atoms with Crippen molar-refractivity contribution < 1.29 is 17.6 Å². The van der Waals surface area contributed by atoms with Gasteiger partial charge in [0.1, 0.15) is 5.82 Å². The topological polar surface area (TPSA) is 0 Å². The molecule has 0 nitrogen and oxygen atoms in total. The molecule has 69 valence electrons. The lowest BCUT2D eigenvalue weighted by molar-refractivity contribution is -0.136. The Hall–Kier alpha value is -0.553. The summed E-state index contributed by atoms with van der Waals surface area (Å²) >= 11 is 5.26. The zero-order valence-corrected chi connectivity index (χ0v) is 7.80. The minimum Gasteiger partial charge on any atom is -0.206 e. The van der Waals surface area contributed by atoms with Crippen LogP contribution in [0.5, 0.6) is 0 Å². The van der Waals surface area contributed by atoms with Crippen molar-refractivity contribution in [3.63, 3.8) is 0 Å². The average Bonchev–Trinajstić information content (AvgIpc) is 1.98. The van der Waals surface area contributed by atoms with E-state index in [2.05, 4.69) is 10.2 Å². The van der Waals surface area contributed by atoms with E-state index in [0.717, 1.165) is 6.07 Å². The summed E-state index contributed by atoms with van der Waals surface area (Å²) in [6.07, 6.45) is -4.58. The second-order valence-corrected chi connectivity index (χ2v) is 3.19. The van der Waals surface area contributed by atoms with Crippen LogP contribution >= 0.6 is 11.6 Å². The van der Waals surface area contributed by atoms with Gasteiger partial charge >= 0.3 is 6.18 Å². The van der Waals surface area contributed by atoms with Crippen LogP contribution in [0.4, 0.5) is 17.6 Å². The number of benzene rings is 1. The molecule has 0 spiro atoms. The van der Waals surface area contributed by atoms with E-state index in [1.165, 1.54) is 0 Å². The molecule has 0 heterocycles. The maximum Gasteiger partial charge on any atom is 0.416 e. The van der Waals surface area contributed by atoms with Crippen LogP contribution in [0, 0.1) is 5.82 Å². The van der Waals surface area contributed by atoms with Crippen molar-refractivity contribution in [2.45, 2.75) is 6.18 Å². The fourth-order valence-corrected chi connectivity index (χ4v) is 1.38. The van der Waals surface area contributed by atoms with E-state index in [0.29, 0.717) is 6.07 Å². The van der Waals surface area contributed by atoms with Crippen LogP contribution in [0.25, 0.3) is 0 Å². The van der Waals surface area contributed by atoms with Crippen molar-refractivity contribution in [2.75, 3.05) is 0 Å². The summed E-state index contributed by atoms with van der Waals surface area (Å²) in [5.74, 6) is -1.10. The second kappa shape index (κ2) is 3.30. The second-order valence-electron chi connectivity index (χ2n) is 2.28. The largest absolute Gasteiger partial charge is 0.416 e. The summed E-state index contributed by atoms with van der Waals surface area (Å²) in [5.41, 5.74) is -1.08. The average molecular weight is 226 g/mol. The smallest absolute Gasteiger partial charge is 0.206 e. The summed E-state index contributed by atoms with van der Waals surface area (Å²) in [6, 6.07) is 1.58. The van der Waals surface area contributed by atoms with E-state index >= 15 is 0 Å². The van der Waals surface area contributed by atoms with E-state index in [-0.39, 0.29) is 5.02 Å². The Morgan fingerprint density at radius 2 is 1.77 bits per heavy atom. The first-order valence-corrected chi connectivity index (χ1v) is 3.98. The predicted octanol–water partition coefficient (Wildman–Crippen LogP) is 2.29. The van der Waals surface area contributed by atoms with Crippen LogP contribution in [-0.2, 0) is 6.18 Å². The Balaban J connectivity index is 3.35. The van der Waals surface area contributed by atoms with Crippen molar-refractivity contribution in [1.82, 2.24) is 0 Å². The van der Waals surface area contributed by atoms with Crippen LogP contribution in [-0.4, -0.2) is 10.2 Å². The Kier molecular flexibility index (Phi) is 2.68. The predicted molar refractivity (Wildman–Crippen MR) is 41.8 cm³/mol. The number of alkyl halides is 3. The molecule has 3 radical (unpaired) electrons. The monoisotopic (exact) mass is 225 g/mol. The van der Waals surface area contributed by atoms with Crippen LogP contribution < -0.4 is 5.19 Å². The molecule has 0 aliphatic rings. The minimum atomic E-state index is -4.58. The van der Waals surface area contributed by atoms with E-state index in [4.69, 9.17) is 11.6 Å². The van der Waals surface area contributed by atoms with Gasteiger partial charge in [-0.15, -0.1) is 0 Å². The number of halogens is 5. The maximum absolute atomic E-state index is 12.8. The molecule has 1 aromatic rings. The van der Waals surface area contributed by atoms with Crippen molar-refractivity contribution in [2.24, 2.45) is 0 Å². The molecule has 0 saturated carbocycles. The third-order valence-electron chi connectivity index (χ3n) is 1.40. The molecule has 0 amide bonds. The highest BCUT2D eigenvalue weighted by Gasteiger charge is 2.33. The molecule has 1 rings (SSSR count). The Morgan fingerprint density at radius 1 is 1.23 bits per heavy atom. The third-order valence-corrected chi connectivity index (χ3v) is 2.18. The zero-order chi connectivity index (χ0) is 10.2. The highest BCUT2D eigenvalue weighted by Crippen LogP contribution is 2.29. The van der Waals surface area contributed by atoms with Gasteiger partial charge in [-0.3, -0.25) is 0 Å². The molecule has 6 heteroatoms. The summed E-state index contributed by atoms with van der Waals surface area (Å²) < 4.78 is 49.2. The number of hydrogen-bond donors (Lipinski definition) is 0. The van der Waals surface area contributed by atoms with Crippen molar-refractivity contribution >= 4 is 27.0 Å². The normalized spacial score (nSPS) is 11.8. The first-order valence-electron chi connectivity index (χ1n) is 3.11. The van der Waals surface area contributed by atoms with E-state index in [9.17, 15) is 17.6 Å². The molecule has 0 bridgehead atoms. The van der Waals surface area contributed by atoms with Gasteiger partial charge in [0.2, 0.25) is 0 Å². The number of rotatable bonds is 0. The van der Waals surface area contributed by atoms with Gasteiger partial charge < -0.3 is 0 Å². The van der Waals surface area contributed by atoms with Gasteiger partial charge in [0.05, 0.1) is 20.8 Å². The van der Waals surface area contributed by atoms with Crippen molar-refractivity contribution in [1.29, 1.82) is 0 Å². The Bertz CT molecular complexity index is 334. The van der Waals surface area contributed by atoms with Crippen molar-refractivity contribution in [3.05, 3.63) is 28.5 Å². The molecule has 0 N–H and O–H groups in total. The van der Waals surface area contributed by atoms with Crippen LogP contribution in [0.15, 0.2) is 12.1 Å². The van der Waals surface area contributed by atoms with Gasteiger partial charge in [0, 0.05) is 0 Å². The summed E-state index contributed by atoms with van der Waals surface area (Å²) in [6.45, 7) is 0. The molecule has 0 saturated heterocycles. The fraction of sp³-hybridized carbons (Fsp3) is 0.143. The molecular formula is C7H2ClF4Si. The van der Waals surface area contributed by atoms with E-state index < -0.39 is 22.7 Å². The molecule has 0 aliphatic heterocycles. The summed E-state index contributed by atoms with van der Waals surface area (Å²) in [7, 11) is 2.54. The first-order chi connectivity index (χ1) is 5.84. The molecule has 0 aromatic heterocycles. The first kappa shape index (κ1) is 10.5. The third kappa shape index (κ3) is 2.03. The Labute approximate surface area is 79.9 Å².